The van der Waals surface area contributed by atoms with Gasteiger partial charge in [-0.25, -0.2) is 0 Å². The van der Waals surface area contributed by atoms with Gasteiger partial charge in [0.2, 0.25) is 0 Å². The van der Waals surface area contributed by atoms with E-state index in [0.717, 1.165) is 5.56 Å². The molecule has 0 bridgehead atoms. The lowest BCUT2D eigenvalue weighted by atomic mass is 10.1. The largest absolute Gasteiger partial charge is 0.376 e. The first-order chi connectivity index (χ1) is 7.24. The minimum atomic E-state index is -0.105. The molecule has 0 saturated carbocycles. The van der Waals surface area contributed by atoms with Gasteiger partial charge >= 0.3 is 0 Å². The molecule has 0 heterocycles. The van der Waals surface area contributed by atoms with Crippen LogP contribution in [-0.4, -0.2) is 12.4 Å². The van der Waals surface area contributed by atoms with Crippen molar-refractivity contribution >= 4 is 5.78 Å². The molecule has 1 aromatic carbocycles. The average molecular weight is 204 g/mol. The van der Waals surface area contributed by atoms with Crippen molar-refractivity contribution in [3.63, 3.8) is 0 Å². The topological polar surface area (TPSA) is 26.3 Å². The lowest BCUT2D eigenvalue weighted by Crippen LogP contribution is -2.14. The number of hydrogen-bond donors (Lipinski definition) is 0. The molecular formula is C13H16O2. The van der Waals surface area contributed by atoms with Gasteiger partial charge in [-0.3, -0.25) is 4.79 Å². The van der Waals surface area contributed by atoms with Gasteiger partial charge < -0.3 is 4.74 Å². The second-order valence-corrected chi connectivity index (χ2v) is 3.51. The van der Waals surface area contributed by atoms with E-state index in [1.54, 1.807) is 0 Å². The van der Waals surface area contributed by atoms with E-state index in [0.29, 0.717) is 13.2 Å². The summed E-state index contributed by atoms with van der Waals surface area (Å²) < 4.78 is 5.44. The van der Waals surface area contributed by atoms with Crippen LogP contribution in [0.25, 0.3) is 0 Å². The molecule has 1 unspecified atom stereocenters. The Balaban J connectivity index is 2.28. The molecule has 2 nitrogen and oxygen atoms in total. The van der Waals surface area contributed by atoms with Crippen LogP contribution >= 0.6 is 0 Å². The van der Waals surface area contributed by atoms with Crippen LogP contribution in [0.15, 0.2) is 43.0 Å². The Morgan fingerprint density at radius 3 is 2.73 bits per heavy atom. The molecule has 0 saturated heterocycles. The van der Waals surface area contributed by atoms with Crippen molar-refractivity contribution in [2.24, 2.45) is 5.92 Å². The molecule has 0 aliphatic heterocycles. The van der Waals surface area contributed by atoms with Crippen molar-refractivity contribution in [2.45, 2.75) is 13.5 Å². The molecular weight excluding hydrogens is 188 g/mol. The third kappa shape index (κ3) is 4.09. The predicted octanol–water partition coefficient (Wildman–Crippen LogP) is 2.59. The van der Waals surface area contributed by atoms with Crippen LogP contribution in [-0.2, 0) is 16.1 Å². The monoisotopic (exact) mass is 204 g/mol. The number of carbonyl (C=O) groups is 1. The van der Waals surface area contributed by atoms with E-state index in [4.69, 9.17) is 4.74 Å². The van der Waals surface area contributed by atoms with Crippen molar-refractivity contribution in [1.82, 2.24) is 0 Å². The second-order valence-electron chi connectivity index (χ2n) is 3.51. The van der Waals surface area contributed by atoms with Crippen molar-refractivity contribution in [3.05, 3.63) is 48.6 Å². The molecule has 1 rings (SSSR count). The Kier molecular flexibility index (Phi) is 4.78. The van der Waals surface area contributed by atoms with E-state index >= 15 is 0 Å². The van der Waals surface area contributed by atoms with Crippen LogP contribution in [0.4, 0.5) is 0 Å². The number of hydrogen-bond acceptors (Lipinski definition) is 2. The summed E-state index contributed by atoms with van der Waals surface area (Å²) in [5.41, 5.74) is 1.12. The van der Waals surface area contributed by atoms with Crippen LogP contribution in [0.3, 0.4) is 0 Å². The Hall–Kier alpha value is -1.41. The van der Waals surface area contributed by atoms with Crippen molar-refractivity contribution in [1.29, 1.82) is 0 Å². The van der Waals surface area contributed by atoms with E-state index in [1.807, 2.05) is 37.3 Å². The van der Waals surface area contributed by atoms with Crippen LogP contribution in [0.1, 0.15) is 12.5 Å². The Morgan fingerprint density at radius 2 is 2.13 bits per heavy atom. The molecule has 0 fully saturated rings. The summed E-state index contributed by atoms with van der Waals surface area (Å²) in [7, 11) is 0. The smallest absolute Gasteiger partial charge is 0.160 e. The maximum Gasteiger partial charge on any atom is 0.160 e. The van der Waals surface area contributed by atoms with E-state index in [-0.39, 0.29) is 11.7 Å². The summed E-state index contributed by atoms with van der Waals surface area (Å²) >= 11 is 0. The molecule has 0 aliphatic carbocycles. The fraction of sp³-hybridized carbons (Fsp3) is 0.308. The molecule has 0 aromatic heterocycles. The second kappa shape index (κ2) is 6.14. The first kappa shape index (κ1) is 11.7. The molecule has 1 atom stereocenters. The first-order valence-electron chi connectivity index (χ1n) is 5.02. The summed E-state index contributed by atoms with van der Waals surface area (Å²) in [6, 6.07) is 9.90. The fourth-order valence-corrected chi connectivity index (χ4v) is 1.21. The van der Waals surface area contributed by atoms with Crippen LogP contribution in [0.5, 0.6) is 0 Å². The van der Waals surface area contributed by atoms with Gasteiger partial charge in [0.15, 0.2) is 5.78 Å². The van der Waals surface area contributed by atoms with Gasteiger partial charge in [-0.15, -0.1) is 0 Å². The molecule has 15 heavy (non-hydrogen) atoms. The Bertz CT molecular complexity index is 317. The number of carbonyl (C=O) groups excluding carboxylic acids is 1. The molecule has 0 amide bonds. The lowest BCUT2D eigenvalue weighted by molar-refractivity contribution is -0.119. The quantitative estimate of drug-likeness (QED) is 0.666. The average Bonchev–Trinajstić information content (AvgIpc) is 2.29. The number of allylic oxidation sites excluding steroid dienone is 1. The third-order valence-corrected chi connectivity index (χ3v) is 2.17. The van der Waals surface area contributed by atoms with Gasteiger partial charge in [0, 0.05) is 5.92 Å². The van der Waals surface area contributed by atoms with E-state index in [9.17, 15) is 4.79 Å². The highest BCUT2D eigenvalue weighted by Crippen LogP contribution is 2.04. The van der Waals surface area contributed by atoms with Crippen LogP contribution in [0, 0.1) is 5.92 Å². The molecule has 1 aromatic rings. The van der Waals surface area contributed by atoms with Crippen molar-refractivity contribution in [2.75, 3.05) is 6.61 Å². The Morgan fingerprint density at radius 1 is 1.47 bits per heavy atom. The van der Waals surface area contributed by atoms with Gasteiger partial charge in [0.25, 0.3) is 0 Å². The number of ketones is 1. The van der Waals surface area contributed by atoms with Gasteiger partial charge in [0.1, 0.15) is 0 Å². The lowest BCUT2D eigenvalue weighted by Gasteiger charge is -2.08. The predicted molar refractivity (Wildman–Crippen MR) is 60.5 cm³/mol. The summed E-state index contributed by atoms with van der Waals surface area (Å²) in [6.45, 7) is 6.28. The van der Waals surface area contributed by atoms with E-state index in [1.165, 1.54) is 6.08 Å². The zero-order valence-electron chi connectivity index (χ0n) is 8.98. The molecule has 0 aliphatic rings. The van der Waals surface area contributed by atoms with Gasteiger partial charge in [0.05, 0.1) is 13.2 Å². The maximum absolute atomic E-state index is 11.2. The highest BCUT2D eigenvalue weighted by Gasteiger charge is 2.08. The van der Waals surface area contributed by atoms with Gasteiger partial charge in [-0.1, -0.05) is 43.8 Å². The summed E-state index contributed by atoms with van der Waals surface area (Å²) in [6.07, 6.45) is 1.34. The first-order valence-corrected chi connectivity index (χ1v) is 5.02. The fourth-order valence-electron chi connectivity index (χ4n) is 1.21. The van der Waals surface area contributed by atoms with Gasteiger partial charge in [-0.2, -0.15) is 0 Å². The summed E-state index contributed by atoms with van der Waals surface area (Å²) in [5, 5.41) is 0. The molecule has 0 radical (unpaired) electrons. The SMILES string of the molecule is C=CC(=O)C(C)COCc1ccccc1. The molecule has 2 heteroatoms. The number of benzene rings is 1. The zero-order valence-corrected chi connectivity index (χ0v) is 8.98. The van der Waals surface area contributed by atoms with Gasteiger partial charge in [-0.05, 0) is 11.6 Å². The molecule has 0 spiro atoms. The van der Waals surface area contributed by atoms with E-state index < -0.39 is 0 Å². The standard InChI is InChI=1S/C13H16O2/c1-3-13(14)11(2)9-15-10-12-7-5-4-6-8-12/h3-8,11H,1,9-10H2,2H3. The normalized spacial score (nSPS) is 12.1. The maximum atomic E-state index is 11.2. The Labute approximate surface area is 90.6 Å². The van der Waals surface area contributed by atoms with Crippen LogP contribution < -0.4 is 0 Å². The molecule has 80 valence electrons. The highest BCUT2D eigenvalue weighted by molar-refractivity contribution is 5.90. The van der Waals surface area contributed by atoms with Crippen molar-refractivity contribution in [3.8, 4) is 0 Å². The summed E-state index contributed by atoms with van der Waals surface area (Å²) in [4.78, 5) is 11.2. The summed E-state index contributed by atoms with van der Waals surface area (Å²) in [5.74, 6) is -0.0747. The third-order valence-electron chi connectivity index (χ3n) is 2.17. The number of ether oxygens (including phenoxy) is 1. The highest BCUT2D eigenvalue weighted by atomic mass is 16.5. The van der Waals surface area contributed by atoms with Crippen LogP contribution in [0.2, 0.25) is 0 Å². The zero-order chi connectivity index (χ0) is 11.1. The molecule has 0 N–H and O–H groups in total. The number of rotatable bonds is 6. The van der Waals surface area contributed by atoms with E-state index in [2.05, 4.69) is 6.58 Å². The minimum Gasteiger partial charge on any atom is -0.376 e. The van der Waals surface area contributed by atoms with Crippen molar-refractivity contribution < 1.29 is 9.53 Å². The minimum absolute atomic E-state index is 0.0306.